The zero-order valence-corrected chi connectivity index (χ0v) is 11.6. The van der Waals surface area contributed by atoms with Crippen LogP contribution in [0.3, 0.4) is 0 Å². The molecule has 2 heteroatoms. The van der Waals surface area contributed by atoms with Gasteiger partial charge in [0.05, 0.1) is 7.11 Å². The molecule has 2 nitrogen and oxygen atoms in total. The van der Waals surface area contributed by atoms with Gasteiger partial charge in [-0.3, -0.25) is 0 Å². The summed E-state index contributed by atoms with van der Waals surface area (Å²) in [4.78, 5) is 0. The van der Waals surface area contributed by atoms with Crippen molar-refractivity contribution >= 4 is 0 Å². The number of rotatable bonds is 6. The van der Waals surface area contributed by atoms with Crippen molar-refractivity contribution in [2.24, 2.45) is 0 Å². The predicted molar refractivity (Wildman–Crippen MR) is 79.6 cm³/mol. The summed E-state index contributed by atoms with van der Waals surface area (Å²) in [6.07, 6.45) is 0. The van der Waals surface area contributed by atoms with Gasteiger partial charge in [0.15, 0.2) is 0 Å². The van der Waals surface area contributed by atoms with E-state index >= 15 is 0 Å². The van der Waals surface area contributed by atoms with E-state index in [0.717, 1.165) is 18.8 Å². The molecule has 2 rings (SSSR count). The van der Waals surface area contributed by atoms with Gasteiger partial charge in [0.25, 0.3) is 0 Å². The van der Waals surface area contributed by atoms with Crippen LogP contribution in [0.5, 0.6) is 5.75 Å². The van der Waals surface area contributed by atoms with Crippen LogP contribution >= 0.6 is 0 Å². The molecular weight excluding hydrogens is 234 g/mol. The van der Waals surface area contributed by atoms with Gasteiger partial charge >= 0.3 is 0 Å². The van der Waals surface area contributed by atoms with Crippen LogP contribution in [-0.2, 0) is 6.54 Å². The van der Waals surface area contributed by atoms with Crippen molar-refractivity contribution in [2.75, 3.05) is 13.7 Å². The third kappa shape index (κ3) is 4.11. The topological polar surface area (TPSA) is 21.3 Å². The summed E-state index contributed by atoms with van der Waals surface area (Å²) in [5.74, 6) is 1.39. The maximum Gasteiger partial charge on any atom is 0.119 e. The third-order valence-electron chi connectivity index (χ3n) is 3.29. The van der Waals surface area contributed by atoms with E-state index < -0.39 is 0 Å². The minimum atomic E-state index is 0.471. The third-order valence-corrected chi connectivity index (χ3v) is 3.29. The number of hydrogen-bond acceptors (Lipinski definition) is 2. The molecule has 2 aromatic carbocycles. The zero-order chi connectivity index (χ0) is 13.5. The van der Waals surface area contributed by atoms with Crippen molar-refractivity contribution in [1.82, 2.24) is 5.32 Å². The molecule has 2 aromatic rings. The highest BCUT2D eigenvalue weighted by molar-refractivity contribution is 5.30. The smallest absolute Gasteiger partial charge is 0.119 e. The maximum atomic E-state index is 5.26. The van der Waals surface area contributed by atoms with Crippen molar-refractivity contribution in [3.05, 3.63) is 65.7 Å². The average molecular weight is 255 g/mol. The second kappa shape index (κ2) is 6.95. The number of methoxy groups -OCH3 is 1. The predicted octanol–water partition coefficient (Wildman–Crippen LogP) is 3.59. The molecule has 0 aromatic heterocycles. The Morgan fingerprint density at radius 2 is 1.84 bits per heavy atom. The van der Waals surface area contributed by atoms with E-state index in [2.05, 4.69) is 48.6 Å². The molecular formula is C17H21NO. The van der Waals surface area contributed by atoms with Gasteiger partial charge in [0, 0.05) is 13.1 Å². The molecule has 0 saturated heterocycles. The molecule has 1 atom stereocenters. The van der Waals surface area contributed by atoms with Gasteiger partial charge in [-0.15, -0.1) is 0 Å². The number of hydrogen-bond donors (Lipinski definition) is 1. The van der Waals surface area contributed by atoms with Crippen molar-refractivity contribution in [3.63, 3.8) is 0 Å². The van der Waals surface area contributed by atoms with Crippen molar-refractivity contribution < 1.29 is 4.74 Å². The van der Waals surface area contributed by atoms with E-state index in [0.29, 0.717) is 5.92 Å². The Morgan fingerprint density at radius 3 is 2.58 bits per heavy atom. The highest BCUT2D eigenvalue weighted by atomic mass is 16.5. The fourth-order valence-corrected chi connectivity index (χ4v) is 2.09. The first-order valence-electron chi connectivity index (χ1n) is 6.68. The van der Waals surface area contributed by atoms with Gasteiger partial charge in [-0.05, 0) is 29.2 Å². The Hall–Kier alpha value is -1.80. The Bertz CT molecular complexity index is 496. The summed E-state index contributed by atoms with van der Waals surface area (Å²) in [6.45, 7) is 4.10. The largest absolute Gasteiger partial charge is 0.497 e. The molecule has 0 aliphatic carbocycles. The van der Waals surface area contributed by atoms with Gasteiger partial charge < -0.3 is 10.1 Å². The minimum absolute atomic E-state index is 0.471. The first kappa shape index (κ1) is 13.6. The quantitative estimate of drug-likeness (QED) is 0.851. The first-order chi connectivity index (χ1) is 9.29. The Kier molecular flexibility index (Phi) is 4.99. The molecule has 0 saturated carbocycles. The van der Waals surface area contributed by atoms with Crippen LogP contribution in [-0.4, -0.2) is 13.7 Å². The lowest BCUT2D eigenvalue weighted by molar-refractivity contribution is 0.413. The molecule has 0 radical (unpaired) electrons. The summed E-state index contributed by atoms with van der Waals surface area (Å²) >= 11 is 0. The summed E-state index contributed by atoms with van der Waals surface area (Å²) in [5.41, 5.74) is 2.63. The normalized spacial score (nSPS) is 12.1. The van der Waals surface area contributed by atoms with Crippen LogP contribution in [0.25, 0.3) is 0 Å². The van der Waals surface area contributed by atoms with Gasteiger partial charge in [-0.2, -0.15) is 0 Å². The van der Waals surface area contributed by atoms with E-state index in [1.165, 1.54) is 11.1 Å². The van der Waals surface area contributed by atoms with Crippen LogP contribution in [0, 0.1) is 0 Å². The molecule has 19 heavy (non-hydrogen) atoms. The Morgan fingerprint density at radius 1 is 1.05 bits per heavy atom. The SMILES string of the molecule is COc1cccc(C(C)CNCc2ccccc2)c1. The fourth-order valence-electron chi connectivity index (χ4n) is 2.09. The van der Waals surface area contributed by atoms with Gasteiger partial charge in [0.1, 0.15) is 5.75 Å². The maximum absolute atomic E-state index is 5.26. The molecule has 1 unspecified atom stereocenters. The van der Waals surface area contributed by atoms with E-state index in [4.69, 9.17) is 4.74 Å². The lowest BCUT2D eigenvalue weighted by Crippen LogP contribution is -2.19. The Balaban J connectivity index is 1.85. The molecule has 0 heterocycles. The summed E-state index contributed by atoms with van der Waals surface area (Å²) < 4.78 is 5.26. The molecule has 1 N–H and O–H groups in total. The van der Waals surface area contributed by atoms with Crippen LogP contribution in [0.4, 0.5) is 0 Å². The zero-order valence-electron chi connectivity index (χ0n) is 11.6. The number of ether oxygens (including phenoxy) is 1. The molecule has 0 aliphatic heterocycles. The molecule has 100 valence electrons. The minimum Gasteiger partial charge on any atom is -0.497 e. The van der Waals surface area contributed by atoms with Gasteiger partial charge in [-0.25, -0.2) is 0 Å². The van der Waals surface area contributed by atoms with Crippen LogP contribution in [0.1, 0.15) is 24.0 Å². The lowest BCUT2D eigenvalue weighted by atomic mass is 10.0. The molecule has 0 spiro atoms. The summed E-state index contributed by atoms with van der Waals surface area (Å²) in [5, 5.41) is 3.50. The molecule has 0 aliphatic rings. The van der Waals surface area contributed by atoms with E-state index in [1.807, 2.05) is 18.2 Å². The number of benzene rings is 2. The second-order valence-corrected chi connectivity index (χ2v) is 4.79. The first-order valence-corrected chi connectivity index (χ1v) is 6.68. The molecule has 0 fully saturated rings. The van der Waals surface area contributed by atoms with Crippen LogP contribution < -0.4 is 10.1 Å². The summed E-state index contributed by atoms with van der Waals surface area (Å²) in [7, 11) is 1.71. The van der Waals surface area contributed by atoms with E-state index in [-0.39, 0.29) is 0 Å². The molecule has 0 amide bonds. The lowest BCUT2D eigenvalue weighted by Gasteiger charge is -2.14. The van der Waals surface area contributed by atoms with Crippen molar-refractivity contribution in [2.45, 2.75) is 19.4 Å². The van der Waals surface area contributed by atoms with Crippen molar-refractivity contribution in [1.29, 1.82) is 0 Å². The van der Waals surface area contributed by atoms with Gasteiger partial charge in [0.2, 0.25) is 0 Å². The average Bonchev–Trinajstić information content (AvgIpc) is 2.48. The number of nitrogens with one attached hydrogen (secondary N) is 1. The van der Waals surface area contributed by atoms with E-state index in [9.17, 15) is 0 Å². The monoisotopic (exact) mass is 255 g/mol. The molecule has 0 bridgehead atoms. The fraction of sp³-hybridized carbons (Fsp3) is 0.294. The highest BCUT2D eigenvalue weighted by Gasteiger charge is 2.06. The van der Waals surface area contributed by atoms with Gasteiger partial charge in [-0.1, -0.05) is 49.4 Å². The van der Waals surface area contributed by atoms with Crippen LogP contribution in [0.15, 0.2) is 54.6 Å². The highest BCUT2D eigenvalue weighted by Crippen LogP contribution is 2.19. The summed E-state index contributed by atoms with van der Waals surface area (Å²) in [6, 6.07) is 18.8. The standard InChI is InChI=1S/C17H21NO/c1-14(16-9-6-10-17(11-16)19-2)12-18-13-15-7-4-3-5-8-15/h3-11,14,18H,12-13H2,1-2H3. The van der Waals surface area contributed by atoms with E-state index in [1.54, 1.807) is 7.11 Å². The Labute approximate surface area is 115 Å². The van der Waals surface area contributed by atoms with Crippen molar-refractivity contribution in [3.8, 4) is 5.75 Å². The van der Waals surface area contributed by atoms with Crippen LogP contribution in [0.2, 0.25) is 0 Å². The second-order valence-electron chi connectivity index (χ2n) is 4.79.